The predicted molar refractivity (Wildman–Crippen MR) is 130 cm³/mol. The first-order chi connectivity index (χ1) is 16.3. The minimum atomic E-state index is -3.96. The lowest BCUT2D eigenvalue weighted by Crippen LogP contribution is -2.41. The molecule has 9 nitrogen and oxygen atoms in total. The molecular formula is C22H23ClN4O5S2. The van der Waals surface area contributed by atoms with Crippen LogP contribution in [0.25, 0.3) is 21.3 Å². The number of carbonyl (C=O) groups excluding carboxylic acids is 2. The highest BCUT2D eigenvalue weighted by atomic mass is 35.5. The molecule has 2 heterocycles. The van der Waals surface area contributed by atoms with E-state index in [2.05, 4.69) is 20.6 Å². The molecule has 34 heavy (non-hydrogen) atoms. The summed E-state index contributed by atoms with van der Waals surface area (Å²) in [5.74, 6) is -1.51. The summed E-state index contributed by atoms with van der Waals surface area (Å²) in [7, 11) is -2.58. The van der Waals surface area contributed by atoms with Crippen LogP contribution in [0.3, 0.4) is 0 Å². The summed E-state index contributed by atoms with van der Waals surface area (Å²) in [6.45, 7) is -0.370. The SMILES string of the molecule is COCCS(=O)(=O)C(C(=O)NCC(=O)NC1CC1)c1nc2ccc(-c3ccncc3Cl)cc2s1. The van der Waals surface area contributed by atoms with Crippen molar-refractivity contribution in [2.75, 3.05) is 26.0 Å². The molecule has 180 valence electrons. The number of nitrogens with one attached hydrogen (secondary N) is 2. The van der Waals surface area contributed by atoms with Crippen LogP contribution in [-0.2, 0) is 24.2 Å². The topological polar surface area (TPSA) is 127 Å². The molecule has 1 unspecified atom stereocenters. The Labute approximate surface area is 205 Å². The average Bonchev–Trinajstić information content (AvgIpc) is 3.52. The van der Waals surface area contributed by atoms with Crippen LogP contribution < -0.4 is 10.6 Å². The third-order valence-electron chi connectivity index (χ3n) is 5.25. The maximum absolute atomic E-state index is 13.1. The van der Waals surface area contributed by atoms with Gasteiger partial charge in [-0.3, -0.25) is 14.6 Å². The van der Waals surface area contributed by atoms with Crippen molar-refractivity contribution in [3.05, 3.63) is 46.7 Å². The second-order valence-corrected chi connectivity index (χ2v) is 11.6. The maximum Gasteiger partial charge on any atom is 0.245 e. The van der Waals surface area contributed by atoms with E-state index < -0.39 is 21.0 Å². The summed E-state index contributed by atoms with van der Waals surface area (Å²) >= 11 is 7.37. The number of hydrogen-bond donors (Lipinski definition) is 2. The highest BCUT2D eigenvalue weighted by Crippen LogP contribution is 2.35. The van der Waals surface area contributed by atoms with E-state index in [1.165, 1.54) is 7.11 Å². The predicted octanol–water partition coefficient (Wildman–Crippen LogP) is 2.51. The van der Waals surface area contributed by atoms with Crippen molar-refractivity contribution in [1.82, 2.24) is 20.6 Å². The number of rotatable bonds is 10. The maximum atomic E-state index is 13.1. The Balaban J connectivity index is 1.64. The summed E-state index contributed by atoms with van der Waals surface area (Å²) in [4.78, 5) is 33.4. The number of nitrogens with zero attached hydrogens (tertiary/aromatic N) is 2. The second-order valence-electron chi connectivity index (χ2n) is 7.89. The summed E-state index contributed by atoms with van der Waals surface area (Å²) in [5.41, 5.74) is 2.15. The van der Waals surface area contributed by atoms with Crippen LogP contribution in [0.15, 0.2) is 36.7 Å². The first-order valence-electron chi connectivity index (χ1n) is 10.6. The number of carbonyl (C=O) groups is 2. The fraction of sp³-hybridized carbons (Fsp3) is 0.364. The van der Waals surface area contributed by atoms with Crippen molar-refractivity contribution in [2.24, 2.45) is 0 Å². The number of sulfone groups is 1. The minimum absolute atomic E-state index is 0.0656. The number of hydrogen-bond acceptors (Lipinski definition) is 8. The minimum Gasteiger partial charge on any atom is -0.384 e. The lowest BCUT2D eigenvalue weighted by molar-refractivity contribution is -0.126. The van der Waals surface area contributed by atoms with E-state index >= 15 is 0 Å². The van der Waals surface area contributed by atoms with Crippen LogP contribution >= 0.6 is 22.9 Å². The first-order valence-corrected chi connectivity index (χ1v) is 13.5. The summed E-state index contributed by atoms with van der Waals surface area (Å²) in [6.07, 6.45) is 4.99. The van der Waals surface area contributed by atoms with Crippen molar-refractivity contribution in [1.29, 1.82) is 0 Å². The van der Waals surface area contributed by atoms with Crippen molar-refractivity contribution >= 4 is 54.8 Å². The number of benzene rings is 1. The van der Waals surface area contributed by atoms with Crippen molar-refractivity contribution in [3.8, 4) is 11.1 Å². The zero-order chi connectivity index (χ0) is 24.3. The van der Waals surface area contributed by atoms with Gasteiger partial charge in [-0.15, -0.1) is 11.3 Å². The number of thiazole rings is 1. The quantitative estimate of drug-likeness (QED) is 0.418. The summed E-state index contributed by atoms with van der Waals surface area (Å²) in [6, 6.07) is 7.34. The Hall–Kier alpha value is -2.60. The third-order valence-corrected chi connectivity index (χ3v) is 8.67. The Kier molecular flexibility index (Phi) is 7.46. The van der Waals surface area contributed by atoms with Crippen LogP contribution in [0, 0.1) is 0 Å². The molecule has 3 aromatic rings. The molecule has 0 aliphatic heterocycles. The largest absolute Gasteiger partial charge is 0.384 e. The van der Waals surface area contributed by atoms with E-state index in [0.29, 0.717) is 15.2 Å². The molecule has 1 atom stereocenters. The number of fused-ring (bicyclic) bond motifs is 1. The number of pyridine rings is 1. The first kappa shape index (κ1) is 24.5. The van der Waals surface area contributed by atoms with Crippen LogP contribution in [0.1, 0.15) is 23.1 Å². The second kappa shape index (κ2) is 10.3. The molecule has 2 aromatic heterocycles. The standard InChI is InChI=1S/C22H23ClN4O5S2/c1-32-8-9-34(30,31)20(21(29)25-12-19(28)26-14-3-4-14)22-27-17-5-2-13(10-18(17)33-22)15-6-7-24-11-16(15)23/h2,5-7,10-11,14,20H,3-4,8-9,12H2,1H3,(H,25,29)(H,26,28). The number of amides is 2. The van der Waals surface area contributed by atoms with Crippen LogP contribution in [0.4, 0.5) is 0 Å². The molecule has 4 rings (SSSR count). The highest BCUT2D eigenvalue weighted by molar-refractivity contribution is 7.92. The van der Waals surface area contributed by atoms with Gasteiger partial charge in [-0.1, -0.05) is 17.7 Å². The van der Waals surface area contributed by atoms with Crippen molar-refractivity contribution in [3.63, 3.8) is 0 Å². The van der Waals surface area contributed by atoms with Crippen molar-refractivity contribution < 1.29 is 22.7 Å². The monoisotopic (exact) mass is 522 g/mol. The number of ether oxygens (including phenoxy) is 1. The smallest absolute Gasteiger partial charge is 0.245 e. The molecule has 1 aromatic carbocycles. The normalized spacial score (nSPS) is 14.6. The molecule has 0 bridgehead atoms. The molecule has 1 aliphatic rings. The van der Waals surface area contributed by atoms with Gasteiger partial charge < -0.3 is 15.4 Å². The Bertz CT molecular complexity index is 1320. The van der Waals surface area contributed by atoms with Gasteiger partial charge >= 0.3 is 0 Å². The summed E-state index contributed by atoms with van der Waals surface area (Å²) < 4.78 is 31.8. The number of halogens is 1. The van der Waals surface area contributed by atoms with E-state index in [0.717, 1.165) is 35.3 Å². The molecule has 1 fully saturated rings. The van der Waals surface area contributed by atoms with E-state index in [4.69, 9.17) is 16.3 Å². The van der Waals surface area contributed by atoms with Crippen molar-refractivity contribution in [2.45, 2.75) is 24.1 Å². The Morgan fingerprint density at radius 1 is 1.29 bits per heavy atom. The molecular weight excluding hydrogens is 500 g/mol. The van der Waals surface area contributed by atoms with Gasteiger partial charge in [-0.05, 0) is 36.6 Å². The van der Waals surface area contributed by atoms with Gasteiger partial charge in [0.15, 0.2) is 15.1 Å². The van der Waals surface area contributed by atoms with Gasteiger partial charge in [0.1, 0.15) is 5.01 Å². The molecule has 2 amide bonds. The van der Waals surface area contributed by atoms with Gasteiger partial charge in [0.05, 0.1) is 34.1 Å². The molecule has 12 heteroatoms. The van der Waals surface area contributed by atoms with E-state index in [-0.39, 0.29) is 35.9 Å². The lowest BCUT2D eigenvalue weighted by atomic mass is 10.1. The fourth-order valence-corrected chi connectivity index (χ4v) is 6.55. The lowest BCUT2D eigenvalue weighted by Gasteiger charge is -2.15. The van der Waals surface area contributed by atoms with Gasteiger partial charge in [-0.2, -0.15) is 0 Å². The number of methoxy groups -OCH3 is 1. The molecule has 0 saturated heterocycles. The van der Waals surface area contributed by atoms with Gasteiger partial charge in [0.2, 0.25) is 11.8 Å². The fourth-order valence-electron chi connectivity index (χ4n) is 3.34. The average molecular weight is 523 g/mol. The third kappa shape index (κ3) is 5.72. The van der Waals surface area contributed by atoms with Gasteiger partial charge in [0.25, 0.3) is 0 Å². The van der Waals surface area contributed by atoms with E-state index in [1.54, 1.807) is 24.5 Å². The Morgan fingerprint density at radius 2 is 2.09 bits per heavy atom. The zero-order valence-corrected chi connectivity index (χ0v) is 20.7. The van der Waals surface area contributed by atoms with Crippen LogP contribution in [0.5, 0.6) is 0 Å². The zero-order valence-electron chi connectivity index (χ0n) is 18.3. The van der Waals surface area contributed by atoms with E-state index in [9.17, 15) is 18.0 Å². The molecule has 1 aliphatic carbocycles. The molecule has 0 spiro atoms. The van der Waals surface area contributed by atoms with E-state index in [1.807, 2.05) is 12.1 Å². The highest BCUT2D eigenvalue weighted by Gasteiger charge is 2.37. The van der Waals surface area contributed by atoms with Crippen LogP contribution in [-0.4, -0.2) is 62.3 Å². The molecule has 0 radical (unpaired) electrons. The van der Waals surface area contributed by atoms with Gasteiger partial charge in [-0.25, -0.2) is 13.4 Å². The van der Waals surface area contributed by atoms with Gasteiger partial charge in [0, 0.05) is 31.1 Å². The molecule has 1 saturated carbocycles. The van der Waals surface area contributed by atoms with Crippen LogP contribution in [0.2, 0.25) is 5.02 Å². The summed E-state index contributed by atoms with van der Waals surface area (Å²) in [5, 5.41) is 4.27. The Morgan fingerprint density at radius 3 is 2.79 bits per heavy atom. The molecule has 2 N–H and O–H groups in total. The number of aromatic nitrogens is 2.